The lowest BCUT2D eigenvalue weighted by Crippen LogP contribution is -2.57. The van der Waals surface area contributed by atoms with Gasteiger partial charge in [-0.05, 0) is 68.5 Å². The zero-order valence-corrected chi connectivity index (χ0v) is 29.8. The quantitative estimate of drug-likeness (QED) is 0.200. The van der Waals surface area contributed by atoms with Crippen molar-refractivity contribution in [1.29, 1.82) is 0 Å². The highest BCUT2D eigenvalue weighted by atomic mass is 32.2. The number of amides is 3. The summed E-state index contributed by atoms with van der Waals surface area (Å²) in [5.74, 6) is -1.30. The Bertz CT molecular complexity index is 1700. The van der Waals surface area contributed by atoms with Crippen molar-refractivity contribution < 1.29 is 24.2 Å². The smallest absolute Gasteiger partial charge is 0.247 e. The number of hydrogen-bond donors (Lipinski definition) is 1. The molecule has 3 aliphatic heterocycles. The average Bonchev–Trinajstić information content (AvgIpc) is 3.70. The molecule has 50 heavy (non-hydrogen) atoms. The minimum absolute atomic E-state index is 0.159. The van der Waals surface area contributed by atoms with Crippen LogP contribution in [0.25, 0.3) is 0 Å². The first-order valence-corrected chi connectivity index (χ1v) is 18.3. The Hall–Kier alpha value is -4.34. The Balaban J connectivity index is 1.43. The molecule has 2 unspecified atom stereocenters. The van der Waals surface area contributed by atoms with Gasteiger partial charge in [-0.25, -0.2) is 0 Å². The number of anilines is 1. The molecule has 1 spiro atoms. The Kier molecular flexibility index (Phi) is 10.6. The topological polar surface area (TPSA) is 90.4 Å². The van der Waals surface area contributed by atoms with Crippen LogP contribution in [0.2, 0.25) is 0 Å². The van der Waals surface area contributed by atoms with Gasteiger partial charge in [-0.3, -0.25) is 14.4 Å². The Labute approximate surface area is 299 Å². The number of rotatable bonds is 15. The van der Waals surface area contributed by atoms with E-state index in [-0.39, 0.29) is 30.9 Å². The molecule has 3 saturated heterocycles. The second kappa shape index (κ2) is 14.9. The number of carbonyl (C=O) groups is 3. The number of hydrogen-bond acceptors (Lipinski definition) is 6. The van der Waals surface area contributed by atoms with Crippen LogP contribution in [0, 0.1) is 11.8 Å². The highest BCUT2D eigenvalue weighted by Crippen LogP contribution is 2.72. The summed E-state index contributed by atoms with van der Waals surface area (Å²) in [7, 11) is 0. The predicted octanol–water partition coefficient (Wildman–Crippen LogP) is 5.90. The van der Waals surface area contributed by atoms with Crippen LogP contribution in [0.3, 0.4) is 0 Å². The van der Waals surface area contributed by atoms with E-state index in [9.17, 15) is 9.90 Å². The summed E-state index contributed by atoms with van der Waals surface area (Å²) in [5.41, 5.74) is 2.61. The number of aliphatic hydroxyl groups excluding tert-OH is 1. The number of thioether (sulfide) groups is 1. The van der Waals surface area contributed by atoms with Crippen molar-refractivity contribution in [2.75, 3.05) is 31.2 Å². The van der Waals surface area contributed by atoms with Crippen molar-refractivity contribution in [1.82, 2.24) is 9.80 Å². The van der Waals surface area contributed by atoms with Gasteiger partial charge in [0, 0.05) is 30.1 Å². The molecular formula is C41H47N3O5S. The minimum atomic E-state index is -0.868. The lowest BCUT2D eigenvalue weighted by molar-refractivity contribution is -0.146. The first-order chi connectivity index (χ1) is 24.2. The number of nitrogens with zero attached hydrogens (tertiary/aromatic N) is 3. The van der Waals surface area contributed by atoms with Gasteiger partial charge >= 0.3 is 0 Å². The highest BCUT2D eigenvalue weighted by Gasteiger charge is 2.78. The molecular weight excluding hydrogens is 647 g/mol. The number of carbonyl (C=O) groups excluding carboxylic acids is 3. The molecule has 3 fully saturated rings. The molecule has 0 radical (unpaired) electrons. The number of likely N-dealkylation sites (tertiary alicyclic amines) is 1. The average molecular weight is 694 g/mol. The zero-order valence-electron chi connectivity index (χ0n) is 28.9. The Morgan fingerprint density at radius 3 is 2.20 bits per heavy atom. The number of benzene rings is 3. The van der Waals surface area contributed by atoms with Crippen LogP contribution in [0.1, 0.15) is 37.8 Å². The van der Waals surface area contributed by atoms with E-state index in [2.05, 4.69) is 20.1 Å². The van der Waals surface area contributed by atoms with E-state index in [1.807, 2.05) is 91.9 Å². The summed E-state index contributed by atoms with van der Waals surface area (Å²) < 4.78 is 4.23. The summed E-state index contributed by atoms with van der Waals surface area (Å²) in [6, 6.07) is 25.4. The lowest BCUT2D eigenvalue weighted by Gasteiger charge is -2.39. The molecule has 3 aromatic carbocycles. The fourth-order valence-electron chi connectivity index (χ4n) is 8.42. The second-order valence-corrected chi connectivity index (χ2v) is 15.6. The van der Waals surface area contributed by atoms with Crippen molar-refractivity contribution in [3.8, 4) is 5.75 Å². The van der Waals surface area contributed by atoms with Crippen molar-refractivity contribution in [3.05, 3.63) is 121 Å². The van der Waals surface area contributed by atoms with Gasteiger partial charge in [-0.1, -0.05) is 72.8 Å². The van der Waals surface area contributed by atoms with E-state index in [0.717, 1.165) is 11.1 Å². The van der Waals surface area contributed by atoms with Gasteiger partial charge in [0.1, 0.15) is 11.8 Å². The molecule has 0 aliphatic carbocycles. The third kappa shape index (κ3) is 6.37. The van der Waals surface area contributed by atoms with Crippen LogP contribution in [0.4, 0.5) is 5.69 Å². The molecule has 0 saturated carbocycles. The van der Waals surface area contributed by atoms with Crippen LogP contribution in [-0.4, -0.2) is 80.5 Å². The fraction of sp³-hybridized carbons (Fsp3) is 0.390. The summed E-state index contributed by atoms with van der Waals surface area (Å²) in [4.78, 5) is 50.2. The maximum atomic E-state index is 15.1. The van der Waals surface area contributed by atoms with Crippen LogP contribution in [0.5, 0.6) is 5.75 Å². The second-order valence-electron chi connectivity index (χ2n) is 13.7. The van der Waals surface area contributed by atoms with Crippen molar-refractivity contribution in [2.24, 2.45) is 11.8 Å². The van der Waals surface area contributed by atoms with Gasteiger partial charge < -0.3 is 24.5 Å². The molecule has 6 rings (SSSR count). The highest BCUT2D eigenvalue weighted by molar-refractivity contribution is 8.02. The van der Waals surface area contributed by atoms with Crippen molar-refractivity contribution in [3.63, 3.8) is 0 Å². The number of ether oxygens (including phenoxy) is 1. The first kappa shape index (κ1) is 35.5. The van der Waals surface area contributed by atoms with Crippen LogP contribution in [0.15, 0.2) is 110 Å². The van der Waals surface area contributed by atoms with Crippen molar-refractivity contribution >= 4 is 35.2 Å². The van der Waals surface area contributed by atoms with Crippen LogP contribution in [-0.2, 0) is 27.3 Å². The summed E-state index contributed by atoms with van der Waals surface area (Å²) >= 11 is 1.64. The van der Waals surface area contributed by atoms with Crippen LogP contribution < -0.4 is 9.64 Å². The molecule has 3 aromatic rings. The predicted molar refractivity (Wildman–Crippen MR) is 199 cm³/mol. The molecule has 2 bridgehead atoms. The molecule has 6 atom stereocenters. The molecule has 3 amide bonds. The summed E-state index contributed by atoms with van der Waals surface area (Å²) in [6.45, 7) is 13.0. The van der Waals surface area contributed by atoms with E-state index in [1.54, 1.807) is 38.6 Å². The van der Waals surface area contributed by atoms with E-state index >= 15 is 9.59 Å². The Morgan fingerprint density at radius 2 is 1.60 bits per heavy atom. The first-order valence-electron chi connectivity index (χ1n) is 17.5. The van der Waals surface area contributed by atoms with Gasteiger partial charge in [-0.15, -0.1) is 24.9 Å². The van der Waals surface area contributed by atoms with E-state index in [0.29, 0.717) is 50.4 Å². The van der Waals surface area contributed by atoms with E-state index in [1.165, 1.54) is 0 Å². The van der Waals surface area contributed by atoms with Gasteiger partial charge in [-0.2, -0.15) is 0 Å². The minimum Gasteiger partial charge on any atom is -0.494 e. The van der Waals surface area contributed by atoms with E-state index in [4.69, 9.17) is 4.74 Å². The molecule has 0 aromatic heterocycles. The van der Waals surface area contributed by atoms with Gasteiger partial charge in [0.05, 0.1) is 35.8 Å². The van der Waals surface area contributed by atoms with Crippen molar-refractivity contribution in [2.45, 2.75) is 61.2 Å². The van der Waals surface area contributed by atoms with Gasteiger partial charge in [0.25, 0.3) is 0 Å². The largest absolute Gasteiger partial charge is 0.494 e. The SMILES string of the molecule is C=CCN(Cc1ccccc1)C(=O)C1N([C@@H](CO)Cc2ccccc2)C(=O)[C@@H]2[C@H](C(=O)N(CC=C)c3ccc(OCC)cc3)[C@]3(C)CCC12S3. The lowest BCUT2D eigenvalue weighted by atomic mass is 9.66. The van der Waals surface area contributed by atoms with Crippen LogP contribution >= 0.6 is 11.8 Å². The summed E-state index contributed by atoms with van der Waals surface area (Å²) in [5, 5.41) is 10.9. The maximum Gasteiger partial charge on any atom is 0.247 e. The monoisotopic (exact) mass is 693 g/mol. The molecule has 8 nitrogen and oxygen atoms in total. The number of fused-ring (bicyclic) bond motifs is 1. The number of aliphatic hydroxyl groups is 1. The van der Waals surface area contributed by atoms with E-state index < -0.39 is 33.4 Å². The molecule has 3 aliphatic rings. The Morgan fingerprint density at radius 1 is 0.960 bits per heavy atom. The standard InChI is InChI=1S/C41H47N3O5S/c1-5-24-42(27-30-16-12-9-13-17-30)39(48)36-41-23-22-40(4,50-41)34(37(46)43(25-6-2)31-18-20-33(21-19-31)49-7-3)35(41)38(47)44(36)32(28-45)26-29-14-10-8-11-15-29/h5-6,8-21,32,34-36,45H,1-2,7,22-28H2,3-4H3/t32-,34-,35+,36?,40+,41?/m1/s1. The zero-order chi connectivity index (χ0) is 35.5. The van der Waals surface area contributed by atoms with Gasteiger partial charge in [0.2, 0.25) is 17.7 Å². The van der Waals surface area contributed by atoms with Gasteiger partial charge in [0.15, 0.2) is 0 Å². The third-order valence-electron chi connectivity index (χ3n) is 10.5. The maximum absolute atomic E-state index is 15.1. The summed E-state index contributed by atoms with van der Waals surface area (Å²) in [6.07, 6.45) is 5.08. The fourth-order valence-corrected chi connectivity index (χ4v) is 10.8. The normalized spacial score (nSPS) is 25.5. The molecule has 1 N–H and O–H groups in total. The molecule has 3 heterocycles. The third-order valence-corrected chi connectivity index (χ3v) is 12.5. The molecule has 262 valence electrons. The molecule has 9 heteroatoms.